The number of rotatable bonds is 5. The second kappa shape index (κ2) is 6.87. The zero-order valence-electron chi connectivity index (χ0n) is 14.5. The number of fused-ring (bicyclic) bond motifs is 1. The minimum absolute atomic E-state index is 0.147. The normalized spacial score (nSPS) is 11.0. The molecule has 3 rings (SSSR count). The van der Waals surface area contributed by atoms with E-state index in [9.17, 15) is 4.79 Å². The molecule has 0 bridgehead atoms. The van der Waals surface area contributed by atoms with E-state index in [1.54, 1.807) is 0 Å². The number of benzene rings is 1. The quantitative estimate of drug-likeness (QED) is 0.714. The maximum absolute atomic E-state index is 12.7. The van der Waals surface area contributed by atoms with Crippen LogP contribution >= 0.6 is 0 Å². The van der Waals surface area contributed by atoms with Crippen molar-refractivity contribution >= 4 is 17.2 Å². The molecule has 3 aromatic rings. The highest BCUT2D eigenvalue weighted by Crippen LogP contribution is 2.19. The number of carbonyl (C=O) groups excluding carboxylic acids is 1. The Morgan fingerprint density at radius 3 is 2.75 bits per heavy atom. The predicted molar refractivity (Wildman–Crippen MR) is 97.5 cm³/mol. The fourth-order valence-electron chi connectivity index (χ4n) is 3.12. The Balaban J connectivity index is 1.77. The van der Waals surface area contributed by atoms with Crippen LogP contribution in [0.3, 0.4) is 0 Å². The molecule has 2 aromatic heterocycles. The first-order valence-corrected chi connectivity index (χ1v) is 8.39. The van der Waals surface area contributed by atoms with Crippen LogP contribution in [0.1, 0.15) is 30.3 Å². The van der Waals surface area contributed by atoms with E-state index < -0.39 is 0 Å². The highest BCUT2D eigenvalue weighted by Gasteiger charge is 2.16. The van der Waals surface area contributed by atoms with Gasteiger partial charge in [-0.2, -0.15) is 0 Å². The third kappa shape index (κ3) is 3.18. The maximum atomic E-state index is 12.7. The molecule has 4 nitrogen and oxygen atoms in total. The summed E-state index contributed by atoms with van der Waals surface area (Å²) in [5, 5.41) is 0. The van der Waals surface area contributed by atoms with E-state index in [-0.39, 0.29) is 5.91 Å². The van der Waals surface area contributed by atoms with Gasteiger partial charge in [0.2, 0.25) is 5.91 Å². The minimum Gasteiger partial charge on any atom is -0.313 e. The van der Waals surface area contributed by atoms with E-state index in [0.29, 0.717) is 19.4 Å². The summed E-state index contributed by atoms with van der Waals surface area (Å²) in [6.07, 6.45) is 3.18. The van der Waals surface area contributed by atoms with Crippen LogP contribution in [0, 0.1) is 13.8 Å². The number of imidazole rings is 1. The molecule has 0 atom stereocenters. The molecular weight excluding hydrogens is 298 g/mol. The molecular formula is C20H23N3O. The van der Waals surface area contributed by atoms with Gasteiger partial charge in [-0.15, -0.1) is 0 Å². The van der Waals surface area contributed by atoms with Gasteiger partial charge in [0.05, 0.1) is 5.69 Å². The lowest BCUT2D eigenvalue weighted by molar-refractivity contribution is -0.118. The van der Waals surface area contributed by atoms with Crippen LogP contribution in [-0.2, 0) is 11.2 Å². The number of pyridine rings is 1. The van der Waals surface area contributed by atoms with E-state index in [1.165, 1.54) is 0 Å². The molecule has 0 aliphatic heterocycles. The van der Waals surface area contributed by atoms with Gasteiger partial charge in [-0.1, -0.05) is 18.2 Å². The Morgan fingerprint density at radius 2 is 2.00 bits per heavy atom. The van der Waals surface area contributed by atoms with Crippen LogP contribution in [0.2, 0.25) is 0 Å². The molecule has 0 fully saturated rings. The van der Waals surface area contributed by atoms with Crippen LogP contribution < -0.4 is 4.90 Å². The van der Waals surface area contributed by atoms with Crippen molar-refractivity contribution in [2.24, 2.45) is 0 Å². The highest BCUT2D eigenvalue weighted by molar-refractivity contribution is 5.93. The van der Waals surface area contributed by atoms with Gasteiger partial charge >= 0.3 is 0 Å². The van der Waals surface area contributed by atoms with Gasteiger partial charge in [0.1, 0.15) is 5.65 Å². The van der Waals surface area contributed by atoms with Crippen molar-refractivity contribution < 1.29 is 4.79 Å². The number of carbonyl (C=O) groups is 1. The van der Waals surface area contributed by atoms with Crippen LogP contribution in [0.5, 0.6) is 0 Å². The fourth-order valence-corrected chi connectivity index (χ4v) is 3.12. The van der Waals surface area contributed by atoms with Gasteiger partial charge in [0.15, 0.2) is 0 Å². The van der Waals surface area contributed by atoms with E-state index >= 15 is 0 Å². The number of nitrogens with zero attached hydrogens (tertiary/aromatic N) is 3. The van der Waals surface area contributed by atoms with Crippen molar-refractivity contribution in [3.8, 4) is 0 Å². The molecule has 0 aliphatic carbocycles. The molecule has 1 amide bonds. The summed E-state index contributed by atoms with van der Waals surface area (Å²) in [5.74, 6) is 0.147. The van der Waals surface area contributed by atoms with E-state index in [1.807, 2.05) is 68.3 Å². The van der Waals surface area contributed by atoms with Crippen molar-refractivity contribution in [2.75, 3.05) is 11.4 Å². The van der Waals surface area contributed by atoms with Crippen LogP contribution in [0.25, 0.3) is 5.65 Å². The van der Waals surface area contributed by atoms with Crippen molar-refractivity contribution in [1.82, 2.24) is 9.38 Å². The first-order valence-electron chi connectivity index (χ1n) is 8.39. The number of anilines is 1. The lowest BCUT2D eigenvalue weighted by atomic mass is 10.1. The molecule has 0 radical (unpaired) electrons. The molecule has 124 valence electrons. The summed E-state index contributed by atoms with van der Waals surface area (Å²) in [6.45, 7) is 6.74. The van der Waals surface area contributed by atoms with E-state index in [2.05, 4.69) is 15.5 Å². The predicted octanol–water partition coefficient (Wildman–Crippen LogP) is 3.94. The number of aryl methyl sites for hydroxylation is 3. The average Bonchev–Trinajstić information content (AvgIpc) is 2.89. The van der Waals surface area contributed by atoms with Gasteiger partial charge in [-0.05, 0) is 57.0 Å². The number of hydrogen-bond donors (Lipinski definition) is 0. The van der Waals surface area contributed by atoms with E-state index in [4.69, 9.17) is 0 Å². The van der Waals surface area contributed by atoms with E-state index in [0.717, 1.165) is 28.3 Å². The Labute approximate surface area is 142 Å². The summed E-state index contributed by atoms with van der Waals surface area (Å²) in [6, 6.07) is 14.1. The topological polar surface area (TPSA) is 37.6 Å². The number of amides is 1. The summed E-state index contributed by atoms with van der Waals surface area (Å²) in [5.41, 5.74) is 5.17. The summed E-state index contributed by atoms with van der Waals surface area (Å²) in [4.78, 5) is 19.1. The SMILES string of the molecule is CCN(C(=O)CCc1c(C)nc2ccccn12)c1cccc(C)c1. The molecule has 2 heterocycles. The Kier molecular flexibility index (Phi) is 4.65. The molecule has 24 heavy (non-hydrogen) atoms. The molecule has 0 saturated heterocycles. The maximum Gasteiger partial charge on any atom is 0.227 e. The summed E-state index contributed by atoms with van der Waals surface area (Å²) < 4.78 is 2.07. The molecule has 0 spiro atoms. The first-order chi connectivity index (χ1) is 11.6. The lowest BCUT2D eigenvalue weighted by Crippen LogP contribution is -2.30. The molecule has 4 heteroatoms. The van der Waals surface area contributed by atoms with Crippen LogP contribution in [-0.4, -0.2) is 21.8 Å². The van der Waals surface area contributed by atoms with Gasteiger partial charge in [-0.3, -0.25) is 4.79 Å². The fraction of sp³-hybridized carbons (Fsp3) is 0.300. The van der Waals surface area contributed by atoms with Crippen LogP contribution in [0.4, 0.5) is 5.69 Å². The lowest BCUT2D eigenvalue weighted by Gasteiger charge is -2.21. The van der Waals surface area contributed by atoms with Gasteiger partial charge < -0.3 is 9.30 Å². The largest absolute Gasteiger partial charge is 0.313 e. The zero-order chi connectivity index (χ0) is 17.1. The minimum atomic E-state index is 0.147. The molecule has 1 aromatic carbocycles. The molecule has 0 N–H and O–H groups in total. The van der Waals surface area contributed by atoms with Crippen molar-refractivity contribution in [3.05, 3.63) is 65.6 Å². The second-order valence-electron chi connectivity index (χ2n) is 6.05. The third-order valence-corrected chi connectivity index (χ3v) is 4.34. The second-order valence-corrected chi connectivity index (χ2v) is 6.05. The molecule has 0 aliphatic rings. The molecule has 0 unspecified atom stereocenters. The number of hydrogen-bond acceptors (Lipinski definition) is 2. The Bertz CT molecular complexity index is 866. The van der Waals surface area contributed by atoms with Gasteiger partial charge in [0.25, 0.3) is 0 Å². The van der Waals surface area contributed by atoms with Crippen LogP contribution in [0.15, 0.2) is 48.7 Å². The first kappa shape index (κ1) is 16.2. The Morgan fingerprint density at radius 1 is 1.17 bits per heavy atom. The number of aromatic nitrogens is 2. The zero-order valence-corrected chi connectivity index (χ0v) is 14.5. The van der Waals surface area contributed by atoms with Crippen molar-refractivity contribution in [2.45, 2.75) is 33.6 Å². The average molecular weight is 321 g/mol. The van der Waals surface area contributed by atoms with Gasteiger partial charge in [0, 0.05) is 30.5 Å². The standard InChI is InChI=1S/C20H23N3O/c1-4-22(17-9-7-8-15(2)14-17)20(24)12-11-18-16(3)21-19-10-5-6-13-23(18)19/h5-10,13-14H,4,11-12H2,1-3H3. The Hall–Kier alpha value is -2.62. The van der Waals surface area contributed by atoms with Crippen molar-refractivity contribution in [1.29, 1.82) is 0 Å². The third-order valence-electron chi connectivity index (χ3n) is 4.34. The summed E-state index contributed by atoms with van der Waals surface area (Å²) >= 11 is 0. The van der Waals surface area contributed by atoms with Gasteiger partial charge in [-0.25, -0.2) is 4.98 Å². The monoisotopic (exact) mass is 321 g/mol. The molecule has 0 saturated carbocycles. The van der Waals surface area contributed by atoms with Crippen molar-refractivity contribution in [3.63, 3.8) is 0 Å². The highest BCUT2D eigenvalue weighted by atomic mass is 16.2. The summed E-state index contributed by atoms with van der Waals surface area (Å²) in [7, 11) is 0. The smallest absolute Gasteiger partial charge is 0.227 e.